The normalized spacial score (nSPS) is 12.0. The zero-order valence-corrected chi connectivity index (χ0v) is 18.2. The number of nitrogens with one attached hydrogen (secondary N) is 2. The zero-order chi connectivity index (χ0) is 25.8. The number of aryl methyl sites for hydroxylation is 1. The monoisotopic (exact) mass is 491 g/mol. The second-order valence-electron chi connectivity index (χ2n) is 7.44. The van der Waals surface area contributed by atoms with Crippen LogP contribution in [0.3, 0.4) is 0 Å². The summed E-state index contributed by atoms with van der Waals surface area (Å²) in [4.78, 5) is 36.1. The molecule has 12 heteroatoms. The van der Waals surface area contributed by atoms with E-state index in [1.165, 1.54) is 43.6 Å². The lowest BCUT2D eigenvalue weighted by atomic mass is 9.98. The van der Waals surface area contributed by atoms with Crippen molar-refractivity contribution in [3.63, 3.8) is 0 Å². The fourth-order valence-electron chi connectivity index (χ4n) is 3.28. The summed E-state index contributed by atoms with van der Waals surface area (Å²) in [5.41, 5.74) is 0.0780. The standard InChI is InChI=1S/C23H20F3N3O6/c1-29-9-8-18(30)20(21(29)33)28-22(34)27-17(12-19(31)32)15-6-2-4-13(10-15)14-5-3-7-16(11-14)35-23(24,25)26/h2-11,17,30H,12H2,1H3,(H,31,32)(H2,27,28,34). The molecule has 0 spiro atoms. The molecule has 9 nitrogen and oxygen atoms in total. The Balaban J connectivity index is 1.87. The van der Waals surface area contributed by atoms with Crippen molar-refractivity contribution in [1.29, 1.82) is 0 Å². The van der Waals surface area contributed by atoms with Crippen LogP contribution in [0, 0.1) is 0 Å². The third-order valence-electron chi connectivity index (χ3n) is 4.86. The number of anilines is 1. The van der Waals surface area contributed by atoms with Gasteiger partial charge in [-0.1, -0.05) is 30.3 Å². The van der Waals surface area contributed by atoms with Crippen LogP contribution in [-0.2, 0) is 11.8 Å². The fourth-order valence-corrected chi connectivity index (χ4v) is 3.28. The molecular weight excluding hydrogens is 471 g/mol. The number of aliphatic carboxylic acids is 1. The SMILES string of the molecule is Cn1ccc(O)c(NC(=O)NC(CC(=O)O)c2cccc(-c3cccc(OC(F)(F)F)c3)c2)c1=O. The van der Waals surface area contributed by atoms with E-state index in [9.17, 15) is 37.8 Å². The van der Waals surface area contributed by atoms with E-state index in [4.69, 9.17) is 0 Å². The molecular formula is C23H20F3N3O6. The Morgan fingerprint density at radius 3 is 2.40 bits per heavy atom. The van der Waals surface area contributed by atoms with Gasteiger partial charge in [-0.2, -0.15) is 0 Å². The summed E-state index contributed by atoms with van der Waals surface area (Å²) >= 11 is 0. The number of alkyl halides is 3. The van der Waals surface area contributed by atoms with Crippen LogP contribution in [0.15, 0.2) is 65.6 Å². The zero-order valence-electron chi connectivity index (χ0n) is 18.2. The van der Waals surface area contributed by atoms with E-state index in [1.807, 2.05) is 0 Å². The van der Waals surface area contributed by atoms with E-state index in [-0.39, 0.29) is 0 Å². The van der Waals surface area contributed by atoms with Crippen molar-refractivity contribution in [2.75, 3.05) is 5.32 Å². The minimum atomic E-state index is -4.86. The van der Waals surface area contributed by atoms with E-state index in [0.29, 0.717) is 16.7 Å². The maximum atomic E-state index is 12.6. The van der Waals surface area contributed by atoms with Crippen LogP contribution in [0.5, 0.6) is 11.5 Å². The first-order chi connectivity index (χ1) is 16.4. The van der Waals surface area contributed by atoms with Crippen LogP contribution in [0.25, 0.3) is 11.1 Å². The molecule has 0 aliphatic heterocycles. The van der Waals surface area contributed by atoms with E-state index in [0.717, 1.165) is 10.6 Å². The van der Waals surface area contributed by atoms with Crippen molar-refractivity contribution in [2.45, 2.75) is 18.8 Å². The second-order valence-corrected chi connectivity index (χ2v) is 7.44. The molecule has 3 rings (SSSR count). The molecule has 0 saturated heterocycles. The maximum Gasteiger partial charge on any atom is 0.573 e. The van der Waals surface area contributed by atoms with E-state index >= 15 is 0 Å². The Kier molecular flexibility index (Phi) is 7.33. The molecule has 184 valence electrons. The highest BCUT2D eigenvalue weighted by Gasteiger charge is 2.31. The number of rotatable bonds is 7. The summed E-state index contributed by atoms with van der Waals surface area (Å²) in [6, 6.07) is 10.6. The average molecular weight is 491 g/mol. The number of carbonyl (C=O) groups excluding carboxylic acids is 1. The lowest BCUT2D eigenvalue weighted by molar-refractivity contribution is -0.274. The molecule has 4 N–H and O–H groups in total. The molecule has 35 heavy (non-hydrogen) atoms. The lowest BCUT2D eigenvalue weighted by Gasteiger charge is -2.19. The van der Waals surface area contributed by atoms with Crippen LogP contribution in [-0.4, -0.2) is 33.1 Å². The number of carboxylic acids is 1. The molecule has 1 unspecified atom stereocenters. The largest absolute Gasteiger partial charge is 0.573 e. The van der Waals surface area contributed by atoms with Gasteiger partial charge in [0.05, 0.1) is 12.5 Å². The Morgan fingerprint density at radius 1 is 1.09 bits per heavy atom. The third-order valence-corrected chi connectivity index (χ3v) is 4.86. The van der Waals surface area contributed by atoms with Gasteiger partial charge >= 0.3 is 18.4 Å². The second kappa shape index (κ2) is 10.2. The number of benzene rings is 2. The van der Waals surface area contributed by atoms with Gasteiger partial charge in [0, 0.05) is 13.2 Å². The van der Waals surface area contributed by atoms with Crippen molar-refractivity contribution in [2.24, 2.45) is 7.05 Å². The summed E-state index contributed by atoms with van der Waals surface area (Å²) < 4.78 is 42.7. The van der Waals surface area contributed by atoms with Crippen molar-refractivity contribution >= 4 is 17.7 Å². The molecule has 1 atom stereocenters. The third kappa shape index (κ3) is 6.76. The highest BCUT2D eigenvalue weighted by atomic mass is 19.4. The summed E-state index contributed by atoms with van der Waals surface area (Å²) in [6.45, 7) is 0. The first kappa shape index (κ1) is 25.1. The number of nitrogens with zero attached hydrogens (tertiary/aromatic N) is 1. The number of hydrogen-bond donors (Lipinski definition) is 4. The number of pyridine rings is 1. The van der Waals surface area contributed by atoms with E-state index < -0.39 is 53.6 Å². The summed E-state index contributed by atoms with van der Waals surface area (Å²) in [5, 5.41) is 23.9. The number of carboxylic acid groups (broad SMARTS) is 1. The molecule has 2 aromatic carbocycles. The molecule has 0 bridgehead atoms. The molecule has 3 aromatic rings. The number of aromatic nitrogens is 1. The van der Waals surface area contributed by atoms with Crippen LogP contribution >= 0.6 is 0 Å². The van der Waals surface area contributed by atoms with Crippen molar-refractivity contribution in [3.8, 4) is 22.6 Å². The molecule has 2 amide bonds. The smallest absolute Gasteiger partial charge is 0.505 e. The van der Waals surface area contributed by atoms with Gasteiger partial charge in [0.2, 0.25) is 0 Å². The average Bonchev–Trinajstić information content (AvgIpc) is 2.78. The predicted octanol–water partition coefficient (Wildman–Crippen LogP) is 3.99. The number of aromatic hydroxyl groups is 1. The number of hydrogen-bond acceptors (Lipinski definition) is 5. The predicted molar refractivity (Wildman–Crippen MR) is 119 cm³/mol. The quantitative estimate of drug-likeness (QED) is 0.396. The molecule has 0 radical (unpaired) electrons. The highest BCUT2D eigenvalue weighted by Crippen LogP contribution is 2.30. The summed E-state index contributed by atoms with van der Waals surface area (Å²) in [6.07, 6.45) is -4.10. The fraction of sp³-hybridized carbons (Fsp3) is 0.174. The minimum Gasteiger partial charge on any atom is -0.505 e. The Labute approximate surface area is 196 Å². The van der Waals surface area contributed by atoms with E-state index in [2.05, 4.69) is 15.4 Å². The molecule has 1 heterocycles. The Bertz CT molecular complexity index is 1310. The van der Waals surface area contributed by atoms with Crippen LogP contribution in [0.4, 0.5) is 23.7 Å². The van der Waals surface area contributed by atoms with Crippen LogP contribution < -0.4 is 20.9 Å². The Hall–Kier alpha value is -4.48. The van der Waals surface area contributed by atoms with Gasteiger partial charge < -0.3 is 30.2 Å². The van der Waals surface area contributed by atoms with Crippen molar-refractivity contribution in [1.82, 2.24) is 9.88 Å². The number of urea groups is 1. The number of amides is 2. The highest BCUT2D eigenvalue weighted by molar-refractivity contribution is 5.91. The van der Waals surface area contributed by atoms with Gasteiger partial charge in [0.15, 0.2) is 5.69 Å². The van der Waals surface area contributed by atoms with Gasteiger partial charge in [0.1, 0.15) is 11.5 Å². The molecule has 0 fully saturated rings. The van der Waals surface area contributed by atoms with Crippen LogP contribution in [0.1, 0.15) is 18.0 Å². The molecule has 1 aromatic heterocycles. The Morgan fingerprint density at radius 2 is 1.74 bits per heavy atom. The first-order valence-electron chi connectivity index (χ1n) is 10.1. The van der Waals surface area contributed by atoms with Crippen molar-refractivity contribution < 1.29 is 37.7 Å². The number of carbonyl (C=O) groups is 2. The molecule has 0 aliphatic carbocycles. The summed E-state index contributed by atoms with van der Waals surface area (Å²) in [5.74, 6) is -2.13. The van der Waals surface area contributed by atoms with Gasteiger partial charge in [-0.3, -0.25) is 9.59 Å². The van der Waals surface area contributed by atoms with E-state index in [1.54, 1.807) is 18.2 Å². The molecule has 0 aliphatic rings. The summed E-state index contributed by atoms with van der Waals surface area (Å²) in [7, 11) is 1.42. The van der Waals surface area contributed by atoms with Crippen LogP contribution in [0.2, 0.25) is 0 Å². The van der Waals surface area contributed by atoms with Gasteiger partial charge in [-0.05, 0) is 41.0 Å². The number of halogens is 3. The van der Waals surface area contributed by atoms with Gasteiger partial charge in [0.25, 0.3) is 5.56 Å². The minimum absolute atomic E-state index is 0.340. The maximum absolute atomic E-state index is 12.6. The topological polar surface area (TPSA) is 130 Å². The van der Waals surface area contributed by atoms with Gasteiger partial charge in [-0.15, -0.1) is 13.2 Å². The van der Waals surface area contributed by atoms with Gasteiger partial charge in [-0.25, -0.2) is 4.79 Å². The number of ether oxygens (including phenoxy) is 1. The lowest BCUT2D eigenvalue weighted by Crippen LogP contribution is -2.35. The molecule has 0 saturated carbocycles. The van der Waals surface area contributed by atoms with Crippen molar-refractivity contribution in [3.05, 3.63) is 76.7 Å². The first-order valence-corrected chi connectivity index (χ1v) is 10.1.